The molecule has 4 atom stereocenters. The van der Waals surface area contributed by atoms with Crippen LogP contribution < -0.4 is 9.44 Å². The number of ether oxygens (including phenoxy) is 4. The summed E-state index contributed by atoms with van der Waals surface area (Å²) in [5.74, 6) is -1.05. The van der Waals surface area contributed by atoms with Gasteiger partial charge in [0.15, 0.2) is 21.4 Å². The molecule has 0 aromatic heterocycles. The fourth-order valence-corrected chi connectivity index (χ4v) is 11.6. The van der Waals surface area contributed by atoms with Gasteiger partial charge < -0.3 is 18.9 Å². The van der Waals surface area contributed by atoms with Crippen LogP contribution in [0.2, 0.25) is 0 Å². The average molecular weight is 793 g/mol. The second kappa shape index (κ2) is 17.5. The van der Waals surface area contributed by atoms with Gasteiger partial charge in [-0.05, 0) is 103 Å². The van der Waals surface area contributed by atoms with Crippen molar-refractivity contribution in [2.75, 3.05) is 38.9 Å². The lowest BCUT2D eigenvalue weighted by Crippen LogP contribution is -2.55. The molecule has 300 valence electrons. The zero-order chi connectivity index (χ0) is 38.5. The number of alkyl halides is 1. The Bertz CT molecular complexity index is 1430. The van der Waals surface area contributed by atoms with Crippen molar-refractivity contribution in [2.24, 2.45) is 10.8 Å². The molecule has 4 unspecified atom stereocenters. The smallest absolute Gasteiger partial charge is 0.179 e. The molecule has 0 radical (unpaired) electrons. The Labute approximate surface area is 317 Å². The van der Waals surface area contributed by atoms with Crippen LogP contribution in [0.4, 0.5) is 4.39 Å². The second-order valence-electron chi connectivity index (χ2n) is 17.0. The van der Waals surface area contributed by atoms with E-state index in [9.17, 15) is 21.2 Å². The molecular formula is C38H65FN2O8S3. The summed E-state index contributed by atoms with van der Waals surface area (Å²) in [5, 5.41) is 0. The van der Waals surface area contributed by atoms with Crippen LogP contribution in [0.25, 0.3) is 0 Å². The largest absolute Gasteiger partial charge is 0.348 e. The van der Waals surface area contributed by atoms with Crippen molar-refractivity contribution in [2.45, 2.75) is 158 Å². The summed E-state index contributed by atoms with van der Waals surface area (Å²) in [5.41, 5.74) is -0.459. The van der Waals surface area contributed by atoms with Crippen LogP contribution in [0.3, 0.4) is 0 Å². The number of halogens is 1. The quantitative estimate of drug-likeness (QED) is 0.240. The molecule has 10 nitrogen and oxygen atoms in total. The van der Waals surface area contributed by atoms with Crippen molar-refractivity contribution in [1.82, 2.24) is 9.44 Å². The fraction of sp³-hybridized carbons (Fsp3) is 0.842. The Balaban J connectivity index is 0.000000244. The molecule has 5 rings (SSSR count). The van der Waals surface area contributed by atoms with Crippen molar-refractivity contribution in [1.29, 1.82) is 0 Å². The van der Waals surface area contributed by atoms with E-state index in [1.54, 1.807) is 30.3 Å². The van der Waals surface area contributed by atoms with Gasteiger partial charge in [-0.25, -0.2) is 30.7 Å². The first-order valence-corrected chi connectivity index (χ1v) is 23.0. The molecule has 4 aliphatic rings. The third-order valence-electron chi connectivity index (χ3n) is 11.8. The van der Waals surface area contributed by atoms with Crippen LogP contribution >= 0.6 is 0 Å². The lowest BCUT2D eigenvalue weighted by molar-refractivity contribution is -0.194. The SMILES string of the molecule is CCC1(C(CF)NS(=O)C(C)(C)C)CCC2(CC1)OCCO2.CCC1(C(CS(=O)(=O)c2ccccc2)NS(=O)C(C)(C)C)CCC2(CC1)OCCO2. The minimum Gasteiger partial charge on any atom is -0.348 e. The van der Waals surface area contributed by atoms with Crippen molar-refractivity contribution >= 4 is 31.8 Å². The number of hydrogen-bond donors (Lipinski definition) is 2. The zero-order valence-corrected chi connectivity index (χ0v) is 35.2. The molecule has 2 spiro atoms. The molecule has 2 heterocycles. The molecule has 0 amide bonds. The normalized spacial score (nSPS) is 26.7. The van der Waals surface area contributed by atoms with Crippen molar-refractivity contribution in [3.05, 3.63) is 30.3 Å². The van der Waals surface area contributed by atoms with E-state index in [0.29, 0.717) is 31.3 Å². The average Bonchev–Trinajstić information content (AvgIpc) is 3.78. The van der Waals surface area contributed by atoms with Gasteiger partial charge in [0.1, 0.15) is 6.67 Å². The van der Waals surface area contributed by atoms with Gasteiger partial charge >= 0.3 is 0 Å². The Morgan fingerprint density at radius 1 is 0.673 bits per heavy atom. The summed E-state index contributed by atoms with van der Waals surface area (Å²) in [6.45, 7) is 17.6. The Hall–Kier alpha value is -0.840. The first-order chi connectivity index (χ1) is 24.3. The third-order valence-corrected chi connectivity index (χ3v) is 16.8. The highest BCUT2D eigenvalue weighted by molar-refractivity contribution is 7.91. The molecule has 2 saturated heterocycles. The van der Waals surface area contributed by atoms with E-state index in [-0.39, 0.29) is 22.6 Å². The van der Waals surface area contributed by atoms with Gasteiger partial charge in [-0.3, -0.25) is 0 Å². The predicted octanol–water partition coefficient (Wildman–Crippen LogP) is 6.68. The topological polar surface area (TPSA) is 129 Å². The van der Waals surface area contributed by atoms with Gasteiger partial charge in [-0.1, -0.05) is 32.0 Å². The number of rotatable bonds is 12. The molecular weight excluding hydrogens is 728 g/mol. The zero-order valence-electron chi connectivity index (χ0n) is 32.7. The van der Waals surface area contributed by atoms with Crippen molar-refractivity contribution in [3.63, 3.8) is 0 Å². The second-order valence-corrected chi connectivity index (χ2v) is 23.0. The van der Waals surface area contributed by atoms with Crippen LogP contribution in [0.1, 0.15) is 120 Å². The first-order valence-electron chi connectivity index (χ1n) is 19.0. The minimum absolute atomic E-state index is 0.0820. The van der Waals surface area contributed by atoms with Gasteiger partial charge in [0.2, 0.25) is 0 Å². The lowest BCUT2D eigenvalue weighted by atomic mass is 9.66. The van der Waals surface area contributed by atoms with Gasteiger partial charge in [-0.15, -0.1) is 0 Å². The van der Waals surface area contributed by atoms with Crippen molar-refractivity contribution in [3.8, 4) is 0 Å². The summed E-state index contributed by atoms with van der Waals surface area (Å²) >= 11 is 0. The van der Waals surface area contributed by atoms with E-state index in [1.807, 2.05) is 41.5 Å². The number of sulfone groups is 1. The molecule has 2 aliphatic carbocycles. The Kier molecular flexibility index (Phi) is 14.8. The highest BCUT2D eigenvalue weighted by Crippen LogP contribution is 2.50. The maximum absolute atomic E-state index is 13.7. The van der Waals surface area contributed by atoms with Crippen LogP contribution in [-0.4, -0.2) is 88.8 Å². The molecule has 2 N–H and O–H groups in total. The van der Waals surface area contributed by atoms with E-state index in [2.05, 4.69) is 23.3 Å². The predicted molar refractivity (Wildman–Crippen MR) is 206 cm³/mol. The van der Waals surface area contributed by atoms with Gasteiger partial charge in [0.25, 0.3) is 0 Å². The van der Waals surface area contributed by atoms with E-state index in [4.69, 9.17) is 18.9 Å². The summed E-state index contributed by atoms with van der Waals surface area (Å²) in [6.07, 6.45) is 7.93. The van der Waals surface area contributed by atoms with Crippen LogP contribution in [-0.2, 0) is 50.8 Å². The van der Waals surface area contributed by atoms with Crippen LogP contribution in [0, 0.1) is 10.8 Å². The van der Waals surface area contributed by atoms with Gasteiger partial charge in [0.05, 0.1) is 74.6 Å². The summed E-state index contributed by atoms with van der Waals surface area (Å²) in [7, 11) is -6.17. The highest BCUT2D eigenvalue weighted by Gasteiger charge is 2.51. The van der Waals surface area contributed by atoms with Gasteiger partial charge in [-0.2, -0.15) is 0 Å². The Morgan fingerprint density at radius 3 is 1.38 bits per heavy atom. The van der Waals surface area contributed by atoms with Crippen LogP contribution in [0.5, 0.6) is 0 Å². The molecule has 4 fully saturated rings. The molecule has 1 aromatic rings. The molecule has 14 heteroatoms. The number of hydrogen-bond acceptors (Lipinski definition) is 8. The molecule has 2 aliphatic heterocycles. The minimum atomic E-state index is -3.54. The molecule has 2 saturated carbocycles. The molecule has 0 bridgehead atoms. The summed E-state index contributed by atoms with van der Waals surface area (Å²) in [6, 6.07) is 7.72. The maximum Gasteiger partial charge on any atom is 0.179 e. The Morgan fingerprint density at radius 2 is 1.04 bits per heavy atom. The van der Waals surface area contributed by atoms with Gasteiger partial charge in [0, 0.05) is 31.7 Å². The van der Waals surface area contributed by atoms with E-state index in [1.165, 1.54) is 0 Å². The summed E-state index contributed by atoms with van der Waals surface area (Å²) < 4.78 is 94.3. The monoisotopic (exact) mass is 792 g/mol. The molecule has 1 aromatic carbocycles. The highest BCUT2D eigenvalue weighted by atomic mass is 32.2. The first kappa shape index (κ1) is 43.9. The van der Waals surface area contributed by atoms with E-state index in [0.717, 1.165) is 64.2 Å². The fourth-order valence-electron chi connectivity index (χ4n) is 7.94. The standard InChI is InChI=1S/C22H35NO5S2.C16H30FNO3S/c1-5-21(11-13-22(14-12-21)27-15-16-28-22)19(23-29(24)20(2,3)4)17-30(25,26)18-9-7-6-8-10-18;1-5-15(13(12-17)18-22(19)14(2,3)4)6-8-16(9-7-15)20-10-11-21-16/h6-10,19,23H,5,11-17H2,1-4H3;13,18H,5-12H2,1-4H3. The van der Waals surface area contributed by atoms with Crippen LogP contribution in [0.15, 0.2) is 35.2 Å². The molecule has 52 heavy (non-hydrogen) atoms. The lowest BCUT2D eigenvalue weighted by Gasteiger charge is -2.48. The number of benzene rings is 1. The number of nitrogens with one attached hydrogen (secondary N) is 2. The van der Waals surface area contributed by atoms with Crippen molar-refractivity contribution < 1.29 is 40.2 Å². The third kappa shape index (κ3) is 10.5. The summed E-state index contributed by atoms with van der Waals surface area (Å²) in [4.78, 5) is 0.305. The van der Waals surface area contributed by atoms with E-state index < -0.39 is 65.6 Å². The maximum atomic E-state index is 13.7. The van der Waals surface area contributed by atoms with E-state index >= 15 is 0 Å².